The van der Waals surface area contributed by atoms with E-state index >= 15 is 0 Å². The highest BCUT2D eigenvalue weighted by Crippen LogP contribution is 2.32. The normalized spacial score (nSPS) is 11.9. The summed E-state index contributed by atoms with van der Waals surface area (Å²) in [6.07, 6.45) is -4.30. The van der Waals surface area contributed by atoms with Gasteiger partial charge in [-0.05, 0) is 43.8 Å². The molecule has 2 nitrogen and oxygen atoms in total. The van der Waals surface area contributed by atoms with Crippen molar-refractivity contribution >= 4 is 0 Å². The average molecular weight is 275 g/mol. The van der Waals surface area contributed by atoms with Crippen LogP contribution in [0.1, 0.15) is 25.0 Å². The minimum Gasteiger partial charge on any atom is -0.492 e. The zero-order chi connectivity index (χ0) is 14.5. The zero-order valence-electron chi connectivity index (χ0n) is 11.5. The van der Waals surface area contributed by atoms with Crippen LogP contribution in [0.15, 0.2) is 18.2 Å². The van der Waals surface area contributed by atoms with E-state index in [2.05, 4.69) is 18.7 Å². The first-order valence-electron chi connectivity index (χ1n) is 6.41. The third-order valence-corrected chi connectivity index (χ3v) is 3.06. The Kier molecular flexibility index (Phi) is 5.66. The van der Waals surface area contributed by atoms with Gasteiger partial charge in [0.15, 0.2) is 0 Å². The van der Waals surface area contributed by atoms with Crippen molar-refractivity contribution in [2.45, 2.75) is 26.9 Å². The second kappa shape index (κ2) is 6.80. The monoisotopic (exact) mass is 275 g/mol. The van der Waals surface area contributed by atoms with Crippen LogP contribution in [0.2, 0.25) is 0 Å². The van der Waals surface area contributed by atoms with Gasteiger partial charge in [0.25, 0.3) is 0 Å². The Labute approximate surface area is 112 Å². The number of aryl methyl sites for hydroxylation is 1. The first-order valence-corrected chi connectivity index (χ1v) is 6.41. The summed E-state index contributed by atoms with van der Waals surface area (Å²) in [5, 5.41) is 0. The van der Waals surface area contributed by atoms with E-state index in [-0.39, 0.29) is 0 Å². The molecule has 108 valence electrons. The average Bonchev–Trinajstić information content (AvgIpc) is 2.35. The zero-order valence-corrected chi connectivity index (χ0v) is 11.5. The lowest BCUT2D eigenvalue weighted by atomic mass is 10.1. The van der Waals surface area contributed by atoms with Crippen LogP contribution in [0.3, 0.4) is 0 Å². The lowest BCUT2D eigenvalue weighted by Gasteiger charge is -2.19. The quantitative estimate of drug-likeness (QED) is 0.784. The van der Waals surface area contributed by atoms with Gasteiger partial charge in [0.05, 0.1) is 5.56 Å². The molecular formula is C14H20F3NO. The third kappa shape index (κ3) is 4.74. The fourth-order valence-electron chi connectivity index (χ4n) is 1.81. The fourth-order valence-corrected chi connectivity index (χ4v) is 1.81. The molecule has 0 aliphatic rings. The number of alkyl halides is 3. The number of ether oxygens (including phenoxy) is 1. The highest BCUT2D eigenvalue weighted by atomic mass is 19.4. The smallest absolute Gasteiger partial charge is 0.416 e. The van der Waals surface area contributed by atoms with Gasteiger partial charge in [0, 0.05) is 6.54 Å². The molecule has 0 aromatic heterocycles. The molecule has 0 radical (unpaired) electrons. The van der Waals surface area contributed by atoms with Crippen LogP contribution in [-0.4, -0.2) is 31.1 Å². The molecule has 0 heterocycles. The van der Waals surface area contributed by atoms with Crippen LogP contribution in [0, 0.1) is 6.92 Å². The van der Waals surface area contributed by atoms with Crippen molar-refractivity contribution in [3.05, 3.63) is 29.3 Å². The van der Waals surface area contributed by atoms with Gasteiger partial charge < -0.3 is 9.64 Å². The van der Waals surface area contributed by atoms with Crippen molar-refractivity contribution in [2.24, 2.45) is 0 Å². The Balaban J connectivity index is 2.61. The SMILES string of the molecule is CCN(CC)CCOc1ccc(C(F)(F)F)cc1C. The van der Waals surface area contributed by atoms with Crippen LogP contribution in [0.4, 0.5) is 13.2 Å². The van der Waals surface area contributed by atoms with E-state index in [0.717, 1.165) is 31.8 Å². The van der Waals surface area contributed by atoms with E-state index in [1.807, 2.05) is 0 Å². The number of hydrogen-bond acceptors (Lipinski definition) is 2. The molecule has 0 N–H and O–H groups in total. The molecule has 0 atom stereocenters. The van der Waals surface area contributed by atoms with Crippen LogP contribution in [0.25, 0.3) is 0 Å². The van der Waals surface area contributed by atoms with Crippen molar-refractivity contribution in [3.8, 4) is 5.75 Å². The largest absolute Gasteiger partial charge is 0.492 e. The van der Waals surface area contributed by atoms with E-state index in [1.165, 1.54) is 6.07 Å². The minimum absolute atomic E-state index is 0.480. The maximum atomic E-state index is 12.5. The van der Waals surface area contributed by atoms with E-state index in [0.29, 0.717) is 17.9 Å². The molecule has 0 aliphatic carbocycles. The van der Waals surface area contributed by atoms with Crippen molar-refractivity contribution in [2.75, 3.05) is 26.2 Å². The standard InChI is InChI=1S/C14H20F3NO/c1-4-18(5-2)8-9-19-13-7-6-12(10-11(13)3)14(15,16)17/h6-7,10H,4-5,8-9H2,1-3H3. The second-order valence-corrected chi connectivity index (χ2v) is 4.35. The van der Waals surface area contributed by atoms with E-state index in [4.69, 9.17) is 4.74 Å². The molecular weight excluding hydrogens is 255 g/mol. The van der Waals surface area contributed by atoms with E-state index in [1.54, 1.807) is 6.92 Å². The Morgan fingerprint density at radius 2 is 1.79 bits per heavy atom. The first-order chi connectivity index (χ1) is 8.88. The number of hydrogen-bond donors (Lipinski definition) is 0. The lowest BCUT2D eigenvalue weighted by molar-refractivity contribution is -0.137. The summed E-state index contributed by atoms with van der Waals surface area (Å²) in [5.41, 5.74) is -0.129. The molecule has 0 fully saturated rings. The van der Waals surface area contributed by atoms with Crippen molar-refractivity contribution in [1.82, 2.24) is 4.90 Å². The molecule has 0 saturated carbocycles. The summed E-state index contributed by atoms with van der Waals surface area (Å²) in [7, 11) is 0. The van der Waals surface area contributed by atoms with Gasteiger partial charge in [-0.2, -0.15) is 13.2 Å². The van der Waals surface area contributed by atoms with Crippen LogP contribution < -0.4 is 4.74 Å². The molecule has 1 aromatic carbocycles. The van der Waals surface area contributed by atoms with Crippen molar-refractivity contribution in [3.63, 3.8) is 0 Å². The van der Waals surface area contributed by atoms with Gasteiger partial charge >= 0.3 is 6.18 Å². The summed E-state index contributed by atoms with van der Waals surface area (Å²) in [6.45, 7) is 8.88. The minimum atomic E-state index is -4.30. The summed E-state index contributed by atoms with van der Waals surface area (Å²) in [5.74, 6) is 0.514. The molecule has 0 saturated heterocycles. The summed E-state index contributed by atoms with van der Waals surface area (Å²) in [6, 6.07) is 3.56. The molecule has 0 bridgehead atoms. The molecule has 0 amide bonds. The number of nitrogens with zero attached hydrogens (tertiary/aromatic N) is 1. The summed E-state index contributed by atoms with van der Waals surface area (Å²) in [4.78, 5) is 2.19. The Morgan fingerprint density at radius 3 is 2.26 bits per heavy atom. The van der Waals surface area contributed by atoms with Gasteiger partial charge in [-0.15, -0.1) is 0 Å². The molecule has 1 aromatic rings. The first kappa shape index (κ1) is 15.8. The second-order valence-electron chi connectivity index (χ2n) is 4.35. The predicted octanol–water partition coefficient (Wildman–Crippen LogP) is 3.73. The Bertz CT molecular complexity index is 400. The molecule has 0 spiro atoms. The number of benzene rings is 1. The molecule has 5 heteroatoms. The maximum Gasteiger partial charge on any atom is 0.416 e. The fraction of sp³-hybridized carbons (Fsp3) is 0.571. The highest BCUT2D eigenvalue weighted by Gasteiger charge is 2.30. The lowest BCUT2D eigenvalue weighted by Crippen LogP contribution is -2.28. The van der Waals surface area contributed by atoms with Crippen LogP contribution in [0.5, 0.6) is 5.75 Å². The van der Waals surface area contributed by atoms with Gasteiger partial charge in [-0.1, -0.05) is 13.8 Å². The maximum absolute atomic E-state index is 12.5. The predicted molar refractivity (Wildman–Crippen MR) is 69.5 cm³/mol. The Morgan fingerprint density at radius 1 is 1.16 bits per heavy atom. The van der Waals surface area contributed by atoms with Crippen LogP contribution >= 0.6 is 0 Å². The highest BCUT2D eigenvalue weighted by molar-refractivity contribution is 5.37. The third-order valence-electron chi connectivity index (χ3n) is 3.06. The number of likely N-dealkylation sites (N-methyl/N-ethyl adjacent to an activating group) is 1. The van der Waals surface area contributed by atoms with Crippen molar-refractivity contribution in [1.29, 1.82) is 0 Å². The van der Waals surface area contributed by atoms with Gasteiger partial charge in [0.1, 0.15) is 12.4 Å². The molecule has 1 rings (SSSR count). The van der Waals surface area contributed by atoms with Gasteiger partial charge in [0.2, 0.25) is 0 Å². The number of rotatable bonds is 6. The topological polar surface area (TPSA) is 12.5 Å². The molecule has 0 unspecified atom stereocenters. The summed E-state index contributed by atoms with van der Waals surface area (Å²) >= 11 is 0. The Hall–Kier alpha value is -1.23. The molecule has 0 aliphatic heterocycles. The van der Waals surface area contributed by atoms with Crippen molar-refractivity contribution < 1.29 is 17.9 Å². The molecule has 19 heavy (non-hydrogen) atoms. The van der Waals surface area contributed by atoms with E-state index in [9.17, 15) is 13.2 Å². The summed E-state index contributed by atoms with van der Waals surface area (Å²) < 4.78 is 43.0. The van der Waals surface area contributed by atoms with Gasteiger partial charge in [-0.3, -0.25) is 0 Å². The van der Waals surface area contributed by atoms with Crippen LogP contribution in [-0.2, 0) is 6.18 Å². The van der Waals surface area contributed by atoms with E-state index < -0.39 is 11.7 Å². The number of halogens is 3. The van der Waals surface area contributed by atoms with Gasteiger partial charge in [-0.25, -0.2) is 0 Å².